The second-order valence-electron chi connectivity index (χ2n) is 7.30. The van der Waals surface area contributed by atoms with Gasteiger partial charge in [-0.25, -0.2) is 9.78 Å². The molecule has 0 radical (unpaired) electrons. The summed E-state index contributed by atoms with van der Waals surface area (Å²) in [6.07, 6.45) is 5.30. The molecular formula is C18H25N3O3. The molecule has 3 rings (SSSR count). The number of nitrogens with one attached hydrogen (secondary N) is 1. The Labute approximate surface area is 142 Å². The molecule has 130 valence electrons. The number of anilines is 1. The second kappa shape index (κ2) is 6.71. The van der Waals surface area contributed by atoms with Crippen molar-refractivity contribution < 1.29 is 13.9 Å². The van der Waals surface area contributed by atoms with Crippen LogP contribution in [0.4, 0.5) is 10.6 Å². The molecule has 1 amide bonds. The third-order valence-corrected chi connectivity index (χ3v) is 4.11. The van der Waals surface area contributed by atoms with E-state index in [1.807, 2.05) is 32.9 Å². The summed E-state index contributed by atoms with van der Waals surface area (Å²) in [5, 5.41) is 3.93. The SMILES string of the molecule is CC(C)(C)OC(=O)NC[C@H]1CCCN(c2nccc3occc23)C1. The quantitative estimate of drug-likeness (QED) is 0.931. The van der Waals surface area contributed by atoms with Gasteiger partial charge < -0.3 is 19.4 Å². The van der Waals surface area contributed by atoms with Crippen LogP contribution in [0.5, 0.6) is 0 Å². The zero-order chi connectivity index (χ0) is 17.2. The zero-order valence-corrected chi connectivity index (χ0v) is 14.5. The Morgan fingerprint density at radius 3 is 3.08 bits per heavy atom. The highest BCUT2D eigenvalue weighted by atomic mass is 16.6. The molecular weight excluding hydrogens is 306 g/mol. The van der Waals surface area contributed by atoms with E-state index in [1.54, 1.807) is 12.5 Å². The summed E-state index contributed by atoms with van der Waals surface area (Å²) < 4.78 is 10.8. The van der Waals surface area contributed by atoms with E-state index in [2.05, 4.69) is 15.2 Å². The molecule has 1 aliphatic rings. The van der Waals surface area contributed by atoms with Gasteiger partial charge in [-0.05, 0) is 51.7 Å². The smallest absolute Gasteiger partial charge is 0.407 e. The van der Waals surface area contributed by atoms with Crippen molar-refractivity contribution in [3.8, 4) is 0 Å². The number of ether oxygens (including phenoxy) is 1. The van der Waals surface area contributed by atoms with Gasteiger partial charge >= 0.3 is 6.09 Å². The van der Waals surface area contributed by atoms with Crippen molar-refractivity contribution in [3.63, 3.8) is 0 Å². The van der Waals surface area contributed by atoms with Gasteiger partial charge in [-0.2, -0.15) is 0 Å². The highest BCUT2D eigenvalue weighted by Crippen LogP contribution is 2.28. The van der Waals surface area contributed by atoms with Crippen LogP contribution in [0.1, 0.15) is 33.6 Å². The molecule has 1 atom stereocenters. The van der Waals surface area contributed by atoms with Gasteiger partial charge in [0.2, 0.25) is 0 Å². The molecule has 0 aliphatic carbocycles. The van der Waals surface area contributed by atoms with Crippen molar-refractivity contribution in [2.24, 2.45) is 5.92 Å². The predicted molar refractivity (Wildman–Crippen MR) is 93.2 cm³/mol. The average Bonchev–Trinajstić information content (AvgIpc) is 3.00. The van der Waals surface area contributed by atoms with Crippen molar-refractivity contribution in [1.29, 1.82) is 0 Å². The average molecular weight is 331 g/mol. The first-order valence-corrected chi connectivity index (χ1v) is 8.46. The molecule has 24 heavy (non-hydrogen) atoms. The van der Waals surface area contributed by atoms with Gasteiger partial charge in [0.15, 0.2) is 0 Å². The number of carbonyl (C=O) groups is 1. The van der Waals surface area contributed by atoms with Crippen molar-refractivity contribution in [2.45, 2.75) is 39.2 Å². The minimum Gasteiger partial charge on any atom is -0.464 e. The topological polar surface area (TPSA) is 67.6 Å². The van der Waals surface area contributed by atoms with Gasteiger partial charge in [-0.3, -0.25) is 0 Å². The number of nitrogens with zero attached hydrogens (tertiary/aromatic N) is 2. The van der Waals surface area contributed by atoms with E-state index in [-0.39, 0.29) is 6.09 Å². The van der Waals surface area contributed by atoms with Crippen LogP contribution >= 0.6 is 0 Å². The summed E-state index contributed by atoms with van der Waals surface area (Å²) in [4.78, 5) is 18.6. The Hall–Kier alpha value is -2.24. The van der Waals surface area contributed by atoms with Gasteiger partial charge in [-0.1, -0.05) is 0 Å². The molecule has 1 aliphatic heterocycles. The number of pyridine rings is 1. The Kier molecular flexibility index (Phi) is 4.64. The van der Waals surface area contributed by atoms with Crippen LogP contribution in [0.15, 0.2) is 29.0 Å². The van der Waals surface area contributed by atoms with E-state index in [0.29, 0.717) is 12.5 Å². The van der Waals surface area contributed by atoms with Crippen LogP contribution < -0.4 is 10.2 Å². The number of aromatic nitrogens is 1. The Bertz CT molecular complexity index is 705. The van der Waals surface area contributed by atoms with Crippen molar-refractivity contribution in [3.05, 3.63) is 24.6 Å². The summed E-state index contributed by atoms with van der Waals surface area (Å²) in [6, 6.07) is 3.84. The summed E-state index contributed by atoms with van der Waals surface area (Å²) in [6.45, 7) is 8.06. The fraction of sp³-hybridized carbons (Fsp3) is 0.556. The van der Waals surface area contributed by atoms with E-state index in [4.69, 9.17) is 9.15 Å². The van der Waals surface area contributed by atoms with Crippen LogP contribution in [-0.4, -0.2) is 36.3 Å². The second-order valence-corrected chi connectivity index (χ2v) is 7.30. The molecule has 3 heterocycles. The highest BCUT2D eigenvalue weighted by molar-refractivity contribution is 5.88. The third kappa shape index (κ3) is 3.99. The summed E-state index contributed by atoms with van der Waals surface area (Å²) in [7, 11) is 0. The molecule has 0 aromatic carbocycles. The number of rotatable bonds is 3. The van der Waals surface area contributed by atoms with Crippen molar-refractivity contribution in [1.82, 2.24) is 10.3 Å². The molecule has 2 aromatic heterocycles. The molecule has 6 heteroatoms. The molecule has 0 unspecified atom stereocenters. The monoisotopic (exact) mass is 331 g/mol. The van der Waals surface area contributed by atoms with Gasteiger partial charge in [0.25, 0.3) is 0 Å². The van der Waals surface area contributed by atoms with Crippen LogP contribution in [0.25, 0.3) is 11.0 Å². The molecule has 6 nitrogen and oxygen atoms in total. The molecule has 0 bridgehead atoms. The molecule has 1 saturated heterocycles. The molecule has 2 aromatic rings. The molecule has 0 spiro atoms. The number of piperidine rings is 1. The number of amides is 1. The molecule has 1 fully saturated rings. The maximum atomic E-state index is 11.8. The lowest BCUT2D eigenvalue weighted by atomic mass is 9.98. The minimum atomic E-state index is -0.469. The largest absolute Gasteiger partial charge is 0.464 e. The van der Waals surface area contributed by atoms with Crippen molar-refractivity contribution >= 4 is 22.9 Å². The standard InChI is InChI=1S/C18H25N3O3/c1-18(2,3)24-17(22)20-11-13-5-4-9-21(12-13)16-14-7-10-23-15(14)6-8-19-16/h6-8,10,13H,4-5,9,11-12H2,1-3H3,(H,20,22)/t13-/m1/s1. The van der Waals surface area contributed by atoms with Crippen LogP contribution in [-0.2, 0) is 4.74 Å². The summed E-state index contributed by atoms with van der Waals surface area (Å²) >= 11 is 0. The minimum absolute atomic E-state index is 0.352. The van der Waals surface area contributed by atoms with Gasteiger partial charge in [0.1, 0.15) is 17.0 Å². The van der Waals surface area contributed by atoms with E-state index in [0.717, 1.165) is 42.7 Å². The van der Waals surface area contributed by atoms with Crippen LogP contribution in [0.3, 0.4) is 0 Å². The number of hydrogen-bond donors (Lipinski definition) is 1. The van der Waals surface area contributed by atoms with E-state index in [9.17, 15) is 4.79 Å². The van der Waals surface area contributed by atoms with Crippen molar-refractivity contribution in [2.75, 3.05) is 24.5 Å². The fourth-order valence-electron chi connectivity index (χ4n) is 3.10. The highest BCUT2D eigenvalue weighted by Gasteiger charge is 2.24. The zero-order valence-electron chi connectivity index (χ0n) is 14.5. The van der Waals surface area contributed by atoms with Crippen LogP contribution in [0, 0.1) is 5.92 Å². The maximum absolute atomic E-state index is 11.8. The summed E-state index contributed by atoms with van der Waals surface area (Å²) in [5.74, 6) is 1.35. The number of carbonyl (C=O) groups excluding carboxylic acids is 1. The first-order valence-electron chi connectivity index (χ1n) is 8.46. The summed E-state index contributed by atoms with van der Waals surface area (Å²) in [5.41, 5.74) is 0.387. The predicted octanol–water partition coefficient (Wildman–Crippen LogP) is 3.57. The number of hydrogen-bond acceptors (Lipinski definition) is 5. The number of fused-ring (bicyclic) bond motifs is 1. The first-order chi connectivity index (χ1) is 11.4. The van der Waals surface area contributed by atoms with E-state index in [1.165, 1.54) is 0 Å². The fourth-order valence-corrected chi connectivity index (χ4v) is 3.10. The van der Waals surface area contributed by atoms with Crippen LogP contribution in [0.2, 0.25) is 0 Å². The lowest BCUT2D eigenvalue weighted by molar-refractivity contribution is 0.0517. The number of alkyl carbamates (subject to hydrolysis) is 1. The molecule has 1 N–H and O–H groups in total. The Morgan fingerprint density at radius 1 is 1.46 bits per heavy atom. The van der Waals surface area contributed by atoms with Gasteiger partial charge in [0, 0.05) is 25.8 Å². The normalized spacial score (nSPS) is 18.6. The first kappa shape index (κ1) is 16.6. The van der Waals surface area contributed by atoms with E-state index < -0.39 is 5.60 Å². The third-order valence-electron chi connectivity index (χ3n) is 4.11. The lowest BCUT2D eigenvalue weighted by Gasteiger charge is -2.34. The van der Waals surface area contributed by atoms with Gasteiger partial charge in [-0.15, -0.1) is 0 Å². The Morgan fingerprint density at radius 2 is 2.29 bits per heavy atom. The van der Waals surface area contributed by atoms with Gasteiger partial charge in [0.05, 0.1) is 11.6 Å². The number of furan rings is 1. The molecule has 0 saturated carbocycles. The maximum Gasteiger partial charge on any atom is 0.407 e. The Balaban J connectivity index is 1.61. The lowest BCUT2D eigenvalue weighted by Crippen LogP contribution is -2.42. The van der Waals surface area contributed by atoms with E-state index >= 15 is 0 Å².